The Morgan fingerprint density at radius 1 is 0.929 bits per heavy atom. The van der Waals surface area contributed by atoms with E-state index in [4.69, 9.17) is 19.4 Å². The van der Waals surface area contributed by atoms with Gasteiger partial charge >= 0.3 is 5.97 Å². The van der Waals surface area contributed by atoms with Gasteiger partial charge in [-0.05, 0) is 46.5 Å². The number of nitrogens with zero attached hydrogens (tertiary/aromatic N) is 4. The third-order valence-corrected chi connectivity index (χ3v) is 9.27. The van der Waals surface area contributed by atoms with Crippen LogP contribution in [0.25, 0.3) is 5.57 Å². The maximum atomic E-state index is 12.5. The summed E-state index contributed by atoms with van der Waals surface area (Å²) < 4.78 is 22.1. The van der Waals surface area contributed by atoms with Crippen molar-refractivity contribution in [2.45, 2.75) is 111 Å². The fourth-order valence-corrected chi connectivity index (χ4v) is 6.13. The summed E-state index contributed by atoms with van der Waals surface area (Å²) in [4.78, 5) is 18.4. The molecule has 0 saturated carbocycles. The first kappa shape index (κ1) is 38.4. The molecule has 1 aliphatic heterocycles. The van der Waals surface area contributed by atoms with Crippen molar-refractivity contribution in [3.05, 3.63) is 11.8 Å². The molecule has 1 aromatic heterocycles. The van der Waals surface area contributed by atoms with Gasteiger partial charge in [-0.3, -0.25) is 4.79 Å². The Morgan fingerprint density at radius 3 is 2.21 bits per heavy atom. The third kappa shape index (κ3) is 13.8. The van der Waals surface area contributed by atoms with Gasteiger partial charge in [0.05, 0.1) is 51.6 Å². The van der Waals surface area contributed by atoms with Crippen molar-refractivity contribution in [3.63, 3.8) is 0 Å². The van der Waals surface area contributed by atoms with E-state index >= 15 is 0 Å². The number of ether oxygens (including phenoxy) is 2. The van der Waals surface area contributed by atoms with Crippen LogP contribution in [0, 0.1) is 0 Å². The van der Waals surface area contributed by atoms with Crippen LogP contribution in [0.2, 0.25) is 0 Å². The first-order valence-electron chi connectivity index (χ1n) is 16.5. The summed E-state index contributed by atoms with van der Waals surface area (Å²) in [6, 6.07) is 0. The minimum absolute atomic E-state index is 0.134. The van der Waals surface area contributed by atoms with Gasteiger partial charge < -0.3 is 19.1 Å². The molecule has 0 amide bonds. The highest BCUT2D eigenvalue weighted by molar-refractivity contribution is 6.99. The largest absolute Gasteiger partial charge is 0.475 e. The predicted octanol–water partition coefficient (Wildman–Crippen LogP) is 6.77. The molecular formula is C32H62N4O5S+2. The number of aliphatic hydroxyl groups excluding tert-OH is 1. The van der Waals surface area contributed by atoms with E-state index in [1.54, 1.807) is 7.11 Å². The fraction of sp³-hybridized carbons (Fsp3) is 0.844. The zero-order valence-corrected chi connectivity index (χ0v) is 28.5. The van der Waals surface area contributed by atoms with E-state index < -0.39 is 0 Å². The van der Waals surface area contributed by atoms with Gasteiger partial charge in [-0.25, -0.2) is 4.84 Å². The minimum Gasteiger partial charge on any atom is -0.475 e. The number of esters is 1. The fourth-order valence-electron chi connectivity index (χ4n) is 5.59. The van der Waals surface area contributed by atoms with E-state index in [0.29, 0.717) is 25.5 Å². The van der Waals surface area contributed by atoms with Crippen molar-refractivity contribution in [1.29, 1.82) is 0 Å². The summed E-state index contributed by atoms with van der Waals surface area (Å²) in [5.41, 5.74) is 1.84. The number of carbonyl (C=O) groups is 1. The van der Waals surface area contributed by atoms with Gasteiger partial charge in [-0.2, -0.15) is 4.37 Å². The molecule has 244 valence electrons. The van der Waals surface area contributed by atoms with Gasteiger partial charge in [0.15, 0.2) is 0 Å². The Bertz CT molecular complexity index is 853. The molecule has 0 radical (unpaired) electrons. The number of hydrogen-bond donors (Lipinski definition) is 1. The van der Waals surface area contributed by atoms with Gasteiger partial charge in [-0.1, -0.05) is 57.9 Å². The van der Waals surface area contributed by atoms with Crippen molar-refractivity contribution in [1.82, 2.24) is 8.75 Å². The van der Waals surface area contributed by atoms with E-state index in [2.05, 4.69) is 42.5 Å². The van der Waals surface area contributed by atoms with Gasteiger partial charge in [0.2, 0.25) is 0 Å². The van der Waals surface area contributed by atoms with Gasteiger partial charge in [0, 0.05) is 25.5 Å². The van der Waals surface area contributed by atoms with Crippen LogP contribution >= 0.6 is 11.7 Å². The third-order valence-electron chi connectivity index (χ3n) is 8.76. The smallest absolute Gasteiger partial charge is 0.310 e. The van der Waals surface area contributed by atoms with Crippen LogP contribution in [0.5, 0.6) is 5.88 Å². The number of rotatable bonds is 23. The lowest BCUT2D eigenvalue weighted by Crippen LogP contribution is -2.52. The van der Waals surface area contributed by atoms with Crippen LogP contribution in [-0.4, -0.2) is 95.8 Å². The van der Waals surface area contributed by atoms with Crippen molar-refractivity contribution in [3.8, 4) is 5.88 Å². The highest BCUT2D eigenvalue weighted by Gasteiger charge is 2.36. The molecule has 0 aliphatic carbocycles. The molecular weight excluding hydrogens is 552 g/mol. The molecule has 0 spiro atoms. The number of carbonyl (C=O) groups excluding carboxylic acids is 1. The van der Waals surface area contributed by atoms with Crippen LogP contribution in [-0.2, 0) is 14.4 Å². The van der Waals surface area contributed by atoms with E-state index in [0.717, 1.165) is 50.6 Å². The van der Waals surface area contributed by atoms with Crippen LogP contribution in [0.4, 0.5) is 0 Å². The summed E-state index contributed by atoms with van der Waals surface area (Å²) in [5.74, 6) is 0.473. The van der Waals surface area contributed by atoms with Crippen molar-refractivity contribution < 1.29 is 33.3 Å². The summed E-state index contributed by atoms with van der Waals surface area (Å²) in [7, 11) is 2.69. The molecule has 1 aliphatic rings. The van der Waals surface area contributed by atoms with Gasteiger partial charge in [0.1, 0.15) is 18.8 Å². The molecule has 2 rings (SSSR count). The summed E-state index contributed by atoms with van der Waals surface area (Å²) >= 11 is 1.18. The first-order valence-corrected chi connectivity index (χ1v) is 17.2. The average molecular weight is 615 g/mol. The number of hydroxylamine groups is 3. The minimum atomic E-state index is -0.134. The first-order chi connectivity index (χ1) is 20.5. The Balaban J connectivity index is 0.00000431. The highest BCUT2D eigenvalue weighted by Crippen LogP contribution is 2.31. The SMILES string of the molecule is CCCCCCOc1nsnc1C1=CCC[N+](COC(=O)CCCCCCCCC[N+](CC)(CC)CC)(OC)C1.CO. The second-order valence-corrected chi connectivity index (χ2v) is 11.9. The topological polar surface area (TPSA) is 90.8 Å². The average Bonchev–Trinajstić information content (AvgIpc) is 3.51. The van der Waals surface area contributed by atoms with E-state index in [1.807, 2.05) is 0 Å². The Hall–Kier alpha value is -1.59. The summed E-state index contributed by atoms with van der Waals surface area (Å²) in [6.07, 6.45) is 16.5. The second kappa shape index (κ2) is 22.9. The Labute approximate surface area is 260 Å². The van der Waals surface area contributed by atoms with Crippen LogP contribution in [0.1, 0.15) is 117 Å². The zero-order valence-electron chi connectivity index (χ0n) is 27.7. The standard InChI is InChI=1S/C31H58N4O4S.CH4O/c1-6-10-11-19-25-38-31-30(32-40-33-31)28-21-20-24-35(26-28,37-5)27-39-29(36)22-17-15-13-12-14-16-18-23-34(7-2,8-3)9-4;1-2/h21H,6-20,22-27H2,1-5H3;2H,1H3/q+2;. The molecule has 0 bridgehead atoms. The molecule has 10 heteroatoms. The lowest BCUT2D eigenvalue weighted by molar-refractivity contribution is -1.11. The van der Waals surface area contributed by atoms with Gasteiger partial charge in [-0.15, -0.1) is 9.02 Å². The maximum absolute atomic E-state index is 12.5. The molecule has 9 nitrogen and oxygen atoms in total. The van der Waals surface area contributed by atoms with Gasteiger partial charge in [0.25, 0.3) is 12.6 Å². The lowest BCUT2D eigenvalue weighted by atomic mass is 10.1. The highest BCUT2D eigenvalue weighted by atomic mass is 32.1. The van der Waals surface area contributed by atoms with Crippen molar-refractivity contribution in [2.75, 3.05) is 66.8 Å². The normalized spacial score (nSPS) is 16.9. The second-order valence-electron chi connectivity index (χ2n) is 11.4. The van der Waals surface area contributed by atoms with Crippen LogP contribution in [0.15, 0.2) is 6.08 Å². The predicted molar refractivity (Wildman–Crippen MR) is 172 cm³/mol. The number of quaternary nitrogens is 2. The molecule has 2 heterocycles. The van der Waals surface area contributed by atoms with Crippen LogP contribution < -0.4 is 4.74 Å². The van der Waals surface area contributed by atoms with E-state index in [1.165, 1.54) is 93.8 Å². The summed E-state index contributed by atoms with van der Waals surface area (Å²) in [5, 5.41) is 7.00. The molecule has 1 atom stereocenters. The van der Waals surface area contributed by atoms with Crippen LogP contribution in [0.3, 0.4) is 0 Å². The Kier molecular flexibility index (Phi) is 20.9. The van der Waals surface area contributed by atoms with Crippen molar-refractivity contribution >= 4 is 23.3 Å². The molecule has 1 aromatic rings. The molecule has 42 heavy (non-hydrogen) atoms. The molecule has 1 N–H and O–H groups in total. The quantitative estimate of drug-likeness (QED) is 0.0827. The molecule has 0 saturated heterocycles. The van der Waals surface area contributed by atoms with Crippen molar-refractivity contribution in [2.24, 2.45) is 0 Å². The molecule has 1 unspecified atom stereocenters. The molecule has 0 fully saturated rings. The van der Waals surface area contributed by atoms with E-state index in [9.17, 15) is 4.79 Å². The lowest BCUT2D eigenvalue weighted by Gasteiger charge is -2.35. The van der Waals surface area contributed by atoms with E-state index in [-0.39, 0.29) is 17.3 Å². The number of hydrogen-bond acceptors (Lipinski definition) is 8. The number of aromatic nitrogens is 2. The molecule has 0 aromatic carbocycles. The number of unbranched alkanes of at least 4 members (excludes halogenated alkanes) is 9. The Morgan fingerprint density at radius 2 is 1.57 bits per heavy atom. The number of aliphatic hydroxyl groups is 1. The maximum Gasteiger partial charge on any atom is 0.310 e. The monoisotopic (exact) mass is 614 g/mol. The zero-order chi connectivity index (χ0) is 31.1. The summed E-state index contributed by atoms with van der Waals surface area (Å²) in [6.45, 7) is 16.4.